The fourth-order valence-electron chi connectivity index (χ4n) is 2.35. The van der Waals surface area contributed by atoms with Crippen molar-refractivity contribution in [3.63, 3.8) is 0 Å². The second-order valence-electron chi connectivity index (χ2n) is 4.81. The quantitative estimate of drug-likeness (QED) is 0.652. The van der Waals surface area contributed by atoms with Gasteiger partial charge in [0, 0.05) is 23.0 Å². The Morgan fingerprint density at radius 2 is 1.86 bits per heavy atom. The summed E-state index contributed by atoms with van der Waals surface area (Å²) in [6.45, 7) is 0. The lowest BCUT2D eigenvalue weighted by atomic mass is 9.97. The molecule has 3 aromatic rings. The average Bonchev–Trinajstić information content (AvgIpc) is 3.02. The van der Waals surface area contributed by atoms with Gasteiger partial charge in [-0.3, -0.25) is 4.79 Å². The summed E-state index contributed by atoms with van der Waals surface area (Å²) in [5.74, 6) is -0.106. The lowest BCUT2D eigenvalue weighted by Gasteiger charge is -2.18. The summed E-state index contributed by atoms with van der Waals surface area (Å²) in [7, 11) is 0. The van der Waals surface area contributed by atoms with Crippen LogP contribution in [0.5, 0.6) is 0 Å². The summed E-state index contributed by atoms with van der Waals surface area (Å²) in [5.41, 5.74) is 1.31. The van der Waals surface area contributed by atoms with Gasteiger partial charge in [0.2, 0.25) is 0 Å². The lowest BCUT2D eigenvalue weighted by Crippen LogP contribution is -2.20. The first-order chi connectivity index (χ1) is 10.7. The fraction of sp³-hybridized carbons (Fsp3) is 0.0588. The number of hydrogen-bond acceptors (Lipinski definition) is 2. The van der Waals surface area contributed by atoms with Crippen molar-refractivity contribution in [2.45, 2.75) is 6.04 Å². The maximum absolute atomic E-state index is 13.0. The molecule has 1 unspecified atom stereocenters. The molecule has 1 heterocycles. The van der Waals surface area contributed by atoms with E-state index in [1.165, 1.54) is 0 Å². The Hall–Kier alpha value is -2.10. The van der Waals surface area contributed by atoms with Crippen LogP contribution in [0.3, 0.4) is 0 Å². The SMILES string of the molecule is O=C(c1ccc(Cl)cc1Cl)C(c1ccccc1)n1ccnc1. The van der Waals surface area contributed by atoms with Crippen molar-refractivity contribution in [1.82, 2.24) is 9.55 Å². The van der Waals surface area contributed by atoms with E-state index >= 15 is 0 Å². The summed E-state index contributed by atoms with van der Waals surface area (Å²) in [4.78, 5) is 17.0. The Balaban J connectivity index is 2.08. The molecule has 5 heteroatoms. The molecule has 0 radical (unpaired) electrons. The summed E-state index contributed by atoms with van der Waals surface area (Å²) < 4.78 is 1.77. The molecule has 0 aliphatic rings. The molecule has 0 aliphatic carbocycles. The monoisotopic (exact) mass is 330 g/mol. The predicted octanol–water partition coefficient (Wildman–Crippen LogP) is 4.66. The minimum atomic E-state index is -0.512. The van der Waals surface area contributed by atoms with E-state index in [-0.39, 0.29) is 5.78 Å². The fourth-order valence-corrected chi connectivity index (χ4v) is 2.85. The number of benzene rings is 2. The van der Waals surface area contributed by atoms with Crippen molar-refractivity contribution >= 4 is 29.0 Å². The Kier molecular flexibility index (Phi) is 4.27. The smallest absolute Gasteiger partial charge is 0.191 e. The highest BCUT2D eigenvalue weighted by Crippen LogP contribution is 2.28. The number of aromatic nitrogens is 2. The van der Waals surface area contributed by atoms with Crippen LogP contribution in [0.15, 0.2) is 67.3 Å². The van der Waals surface area contributed by atoms with Gasteiger partial charge in [0.05, 0.1) is 11.3 Å². The molecule has 0 aliphatic heterocycles. The average molecular weight is 331 g/mol. The van der Waals surface area contributed by atoms with Crippen molar-refractivity contribution in [3.05, 3.63) is 88.4 Å². The van der Waals surface area contributed by atoms with Gasteiger partial charge in [-0.2, -0.15) is 0 Å². The Labute approximate surface area is 138 Å². The van der Waals surface area contributed by atoms with E-state index in [9.17, 15) is 4.79 Å². The number of ketones is 1. The van der Waals surface area contributed by atoms with Crippen LogP contribution >= 0.6 is 23.2 Å². The molecule has 2 aromatic carbocycles. The molecule has 0 saturated heterocycles. The highest BCUT2D eigenvalue weighted by molar-refractivity contribution is 6.37. The summed E-state index contributed by atoms with van der Waals surface area (Å²) in [6.07, 6.45) is 5.03. The largest absolute Gasteiger partial charge is 0.322 e. The summed E-state index contributed by atoms with van der Waals surface area (Å²) in [6, 6.07) is 13.9. The van der Waals surface area contributed by atoms with E-state index in [0.29, 0.717) is 15.6 Å². The molecule has 22 heavy (non-hydrogen) atoms. The number of rotatable bonds is 4. The number of carbonyl (C=O) groups excluding carboxylic acids is 1. The Morgan fingerprint density at radius 1 is 1.09 bits per heavy atom. The molecule has 3 nitrogen and oxygen atoms in total. The highest BCUT2D eigenvalue weighted by Gasteiger charge is 2.25. The van der Waals surface area contributed by atoms with E-state index in [0.717, 1.165) is 5.56 Å². The van der Waals surface area contributed by atoms with Crippen molar-refractivity contribution in [2.24, 2.45) is 0 Å². The topological polar surface area (TPSA) is 34.9 Å². The van der Waals surface area contributed by atoms with E-state index in [1.807, 2.05) is 30.3 Å². The molecule has 0 fully saturated rings. The van der Waals surface area contributed by atoms with Gasteiger partial charge < -0.3 is 4.57 Å². The van der Waals surface area contributed by atoms with Gasteiger partial charge >= 0.3 is 0 Å². The first kappa shape index (κ1) is 14.8. The number of imidazole rings is 1. The molecular formula is C17H12Cl2N2O. The number of nitrogens with zero attached hydrogens (tertiary/aromatic N) is 2. The molecular weight excluding hydrogens is 319 g/mol. The predicted molar refractivity (Wildman–Crippen MR) is 87.6 cm³/mol. The molecule has 0 amide bonds. The van der Waals surface area contributed by atoms with Crippen LogP contribution in [-0.4, -0.2) is 15.3 Å². The minimum Gasteiger partial charge on any atom is -0.322 e. The van der Waals surface area contributed by atoms with Crippen LogP contribution in [0, 0.1) is 0 Å². The molecule has 0 bridgehead atoms. The highest BCUT2D eigenvalue weighted by atomic mass is 35.5. The van der Waals surface area contributed by atoms with Crippen LogP contribution in [0.25, 0.3) is 0 Å². The maximum atomic E-state index is 13.0. The third-order valence-electron chi connectivity index (χ3n) is 3.38. The van der Waals surface area contributed by atoms with Crippen molar-refractivity contribution in [1.29, 1.82) is 0 Å². The standard InChI is InChI=1S/C17H12Cl2N2O/c18-13-6-7-14(15(19)10-13)17(22)16(21-9-8-20-11-21)12-4-2-1-3-5-12/h1-11,16H. The van der Waals surface area contributed by atoms with Crippen molar-refractivity contribution in [3.8, 4) is 0 Å². The second-order valence-corrected chi connectivity index (χ2v) is 5.66. The molecule has 110 valence electrons. The van der Waals surface area contributed by atoms with E-state index in [4.69, 9.17) is 23.2 Å². The summed E-state index contributed by atoms with van der Waals surface area (Å²) in [5, 5.41) is 0.846. The zero-order valence-corrected chi connectivity index (χ0v) is 13.0. The minimum absolute atomic E-state index is 0.106. The molecule has 1 atom stereocenters. The van der Waals surface area contributed by atoms with Crippen molar-refractivity contribution in [2.75, 3.05) is 0 Å². The van der Waals surface area contributed by atoms with E-state index in [1.54, 1.807) is 41.5 Å². The van der Waals surface area contributed by atoms with Crippen LogP contribution in [0.4, 0.5) is 0 Å². The van der Waals surface area contributed by atoms with Gasteiger partial charge in [-0.1, -0.05) is 53.5 Å². The van der Waals surface area contributed by atoms with Gasteiger partial charge in [0.15, 0.2) is 5.78 Å². The normalized spacial score (nSPS) is 12.1. The number of hydrogen-bond donors (Lipinski definition) is 0. The number of halogens is 2. The van der Waals surface area contributed by atoms with Crippen LogP contribution in [0.1, 0.15) is 22.0 Å². The molecule has 1 aromatic heterocycles. The zero-order valence-electron chi connectivity index (χ0n) is 11.5. The van der Waals surface area contributed by atoms with Crippen LogP contribution in [-0.2, 0) is 0 Å². The first-order valence-electron chi connectivity index (χ1n) is 6.68. The van der Waals surface area contributed by atoms with Gasteiger partial charge in [-0.05, 0) is 23.8 Å². The van der Waals surface area contributed by atoms with Gasteiger partial charge in [-0.25, -0.2) is 4.98 Å². The number of Topliss-reactive ketones (excluding diaryl/α,β-unsaturated/α-hetero) is 1. The summed E-state index contributed by atoms with van der Waals surface area (Å²) >= 11 is 12.1. The third-order valence-corrected chi connectivity index (χ3v) is 3.93. The maximum Gasteiger partial charge on any atom is 0.191 e. The number of carbonyl (C=O) groups is 1. The molecule has 3 rings (SSSR count). The second kappa shape index (κ2) is 6.34. The molecule has 0 spiro atoms. The van der Waals surface area contributed by atoms with Gasteiger partial charge in [0.1, 0.15) is 6.04 Å². The first-order valence-corrected chi connectivity index (χ1v) is 7.44. The lowest BCUT2D eigenvalue weighted by molar-refractivity contribution is 0.0946. The molecule has 0 saturated carbocycles. The van der Waals surface area contributed by atoms with Crippen LogP contribution in [0.2, 0.25) is 10.0 Å². The van der Waals surface area contributed by atoms with Crippen LogP contribution < -0.4 is 0 Å². The van der Waals surface area contributed by atoms with Crippen molar-refractivity contribution < 1.29 is 4.79 Å². The van der Waals surface area contributed by atoms with Gasteiger partial charge in [0.25, 0.3) is 0 Å². The van der Waals surface area contributed by atoms with E-state index < -0.39 is 6.04 Å². The Morgan fingerprint density at radius 3 is 2.50 bits per heavy atom. The molecule has 0 N–H and O–H groups in total. The Bertz CT molecular complexity index is 786. The third kappa shape index (κ3) is 2.91. The van der Waals surface area contributed by atoms with Gasteiger partial charge in [-0.15, -0.1) is 0 Å². The zero-order chi connectivity index (χ0) is 15.5. The van der Waals surface area contributed by atoms with E-state index in [2.05, 4.69) is 4.98 Å².